The molecule has 1 rings (SSSR count). The molecule has 0 amide bonds. The minimum Gasteiger partial charge on any atom is -0.495 e. The van der Waals surface area contributed by atoms with Gasteiger partial charge in [-0.15, -0.1) is 0 Å². The van der Waals surface area contributed by atoms with E-state index >= 15 is 0 Å². The first kappa shape index (κ1) is 11.3. The highest BCUT2D eigenvalue weighted by atomic mass is 35.5. The number of rotatable bonds is 5. The third-order valence-corrected chi connectivity index (χ3v) is 2.45. The van der Waals surface area contributed by atoms with Gasteiger partial charge >= 0.3 is 0 Å². The zero-order valence-corrected chi connectivity index (χ0v) is 9.18. The molecule has 1 aromatic rings. The molecule has 0 radical (unpaired) electrons. The average molecular weight is 214 g/mol. The van der Waals surface area contributed by atoms with E-state index < -0.39 is 0 Å². The van der Waals surface area contributed by atoms with Crippen LogP contribution in [-0.2, 0) is 6.42 Å². The monoisotopic (exact) mass is 213 g/mol. The maximum absolute atomic E-state index is 5.91. The number of halogens is 1. The van der Waals surface area contributed by atoms with Crippen molar-refractivity contribution < 1.29 is 4.74 Å². The topological polar surface area (TPSA) is 35.2 Å². The Labute approximate surface area is 90.0 Å². The molecule has 0 saturated carbocycles. The van der Waals surface area contributed by atoms with Crippen LogP contribution in [0.1, 0.15) is 18.4 Å². The summed E-state index contributed by atoms with van der Waals surface area (Å²) in [4.78, 5) is 0. The molecular formula is C11H16ClNO. The first-order chi connectivity index (χ1) is 6.77. The summed E-state index contributed by atoms with van der Waals surface area (Å²) in [6, 6.07) is 5.89. The molecule has 0 aromatic heterocycles. The number of aryl methyl sites for hydroxylation is 1. The average Bonchev–Trinajstić information content (AvgIpc) is 2.21. The van der Waals surface area contributed by atoms with Crippen LogP contribution in [0.2, 0.25) is 5.02 Å². The van der Waals surface area contributed by atoms with Gasteiger partial charge in [0, 0.05) is 0 Å². The lowest BCUT2D eigenvalue weighted by molar-refractivity contribution is 0.414. The second-order valence-corrected chi connectivity index (χ2v) is 3.62. The van der Waals surface area contributed by atoms with E-state index in [0.717, 1.165) is 31.6 Å². The molecule has 0 atom stereocenters. The summed E-state index contributed by atoms with van der Waals surface area (Å²) in [5.74, 6) is 0.747. The fourth-order valence-electron chi connectivity index (χ4n) is 1.33. The number of methoxy groups -OCH3 is 1. The summed E-state index contributed by atoms with van der Waals surface area (Å²) in [5.41, 5.74) is 6.68. The van der Waals surface area contributed by atoms with Crippen molar-refractivity contribution in [3.05, 3.63) is 28.8 Å². The van der Waals surface area contributed by atoms with Gasteiger partial charge in [0.15, 0.2) is 0 Å². The molecule has 0 fully saturated rings. The standard InChI is InChI=1S/C11H16ClNO/c1-14-11-8-9(4-2-3-7-13)5-6-10(11)12/h5-6,8H,2-4,7,13H2,1H3. The number of unbranched alkanes of at least 4 members (excludes halogenated alkanes) is 1. The van der Waals surface area contributed by atoms with E-state index in [4.69, 9.17) is 22.1 Å². The van der Waals surface area contributed by atoms with Gasteiger partial charge in [0.25, 0.3) is 0 Å². The minimum atomic E-state index is 0.662. The van der Waals surface area contributed by atoms with Crippen LogP contribution in [0, 0.1) is 0 Å². The van der Waals surface area contributed by atoms with Crippen molar-refractivity contribution in [2.75, 3.05) is 13.7 Å². The smallest absolute Gasteiger partial charge is 0.137 e. The van der Waals surface area contributed by atoms with Crippen LogP contribution < -0.4 is 10.5 Å². The van der Waals surface area contributed by atoms with E-state index in [2.05, 4.69) is 0 Å². The van der Waals surface area contributed by atoms with E-state index in [1.54, 1.807) is 7.11 Å². The molecular weight excluding hydrogens is 198 g/mol. The van der Waals surface area contributed by atoms with Crippen LogP contribution in [0.15, 0.2) is 18.2 Å². The van der Waals surface area contributed by atoms with Crippen LogP contribution in [0.5, 0.6) is 5.75 Å². The molecule has 0 aliphatic heterocycles. The number of hydrogen-bond donors (Lipinski definition) is 1. The van der Waals surface area contributed by atoms with Gasteiger partial charge in [-0.2, -0.15) is 0 Å². The lowest BCUT2D eigenvalue weighted by Gasteiger charge is -2.06. The quantitative estimate of drug-likeness (QED) is 0.764. The van der Waals surface area contributed by atoms with Gasteiger partial charge in [-0.05, 0) is 43.5 Å². The largest absolute Gasteiger partial charge is 0.495 e. The zero-order chi connectivity index (χ0) is 10.4. The third kappa shape index (κ3) is 3.20. The second-order valence-electron chi connectivity index (χ2n) is 3.21. The molecule has 3 heteroatoms. The molecule has 0 bridgehead atoms. The second kappa shape index (κ2) is 5.89. The highest BCUT2D eigenvalue weighted by Gasteiger charge is 2.01. The SMILES string of the molecule is COc1cc(CCCCN)ccc1Cl. The molecule has 14 heavy (non-hydrogen) atoms. The Bertz CT molecular complexity index is 289. The molecule has 0 saturated heterocycles. The number of ether oxygens (including phenoxy) is 1. The van der Waals surface area contributed by atoms with Crippen molar-refractivity contribution in [2.24, 2.45) is 5.73 Å². The van der Waals surface area contributed by atoms with Gasteiger partial charge in [-0.25, -0.2) is 0 Å². The van der Waals surface area contributed by atoms with Crippen molar-refractivity contribution in [3.63, 3.8) is 0 Å². The normalized spacial score (nSPS) is 10.2. The first-order valence-corrected chi connectivity index (χ1v) is 5.18. The van der Waals surface area contributed by atoms with Crippen molar-refractivity contribution in [1.29, 1.82) is 0 Å². The first-order valence-electron chi connectivity index (χ1n) is 4.80. The van der Waals surface area contributed by atoms with Crippen LogP contribution in [-0.4, -0.2) is 13.7 Å². The molecule has 0 aliphatic rings. The van der Waals surface area contributed by atoms with Crippen LogP contribution in [0.3, 0.4) is 0 Å². The number of hydrogen-bond acceptors (Lipinski definition) is 2. The minimum absolute atomic E-state index is 0.662. The Morgan fingerprint density at radius 3 is 2.79 bits per heavy atom. The molecule has 0 spiro atoms. The van der Waals surface area contributed by atoms with E-state index in [0.29, 0.717) is 5.02 Å². The summed E-state index contributed by atoms with van der Waals surface area (Å²) < 4.78 is 5.14. The molecule has 0 unspecified atom stereocenters. The van der Waals surface area contributed by atoms with Crippen LogP contribution >= 0.6 is 11.6 Å². The number of nitrogens with two attached hydrogens (primary N) is 1. The summed E-state index contributed by atoms with van der Waals surface area (Å²) in [7, 11) is 1.63. The predicted octanol–water partition coefficient (Wildman–Crippen LogP) is 2.63. The van der Waals surface area contributed by atoms with Crippen molar-refractivity contribution in [3.8, 4) is 5.75 Å². The molecule has 1 aromatic carbocycles. The van der Waals surface area contributed by atoms with E-state index in [1.807, 2.05) is 18.2 Å². The van der Waals surface area contributed by atoms with Crippen molar-refractivity contribution in [2.45, 2.75) is 19.3 Å². The maximum atomic E-state index is 5.91. The summed E-state index contributed by atoms with van der Waals surface area (Å²) in [6.07, 6.45) is 3.21. The molecule has 0 heterocycles. The Morgan fingerprint density at radius 2 is 2.14 bits per heavy atom. The molecule has 2 N–H and O–H groups in total. The Hall–Kier alpha value is -0.730. The molecule has 0 aliphatic carbocycles. The summed E-state index contributed by atoms with van der Waals surface area (Å²) in [5, 5.41) is 0.662. The van der Waals surface area contributed by atoms with Crippen LogP contribution in [0.25, 0.3) is 0 Å². The van der Waals surface area contributed by atoms with Gasteiger partial charge in [0.1, 0.15) is 5.75 Å². The highest BCUT2D eigenvalue weighted by molar-refractivity contribution is 6.32. The van der Waals surface area contributed by atoms with Gasteiger partial charge in [-0.1, -0.05) is 17.7 Å². The summed E-state index contributed by atoms with van der Waals surface area (Å²) >= 11 is 5.91. The van der Waals surface area contributed by atoms with E-state index in [-0.39, 0.29) is 0 Å². The Balaban J connectivity index is 2.60. The fourth-order valence-corrected chi connectivity index (χ4v) is 1.53. The van der Waals surface area contributed by atoms with E-state index in [9.17, 15) is 0 Å². The predicted molar refractivity (Wildman–Crippen MR) is 60.0 cm³/mol. The van der Waals surface area contributed by atoms with Gasteiger partial charge in [0.05, 0.1) is 12.1 Å². The van der Waals surface area contributed by atoms with Gasteiger partial charge < -0.3 is 10.5 Å². The third-order valence-electron chi connectivity index (χ3n) is 2.14. The van der Waals surface area contributed by atoms with Gasteiger partial charge in [0.2, 0.25) is 0 Å². The fraction of sp³-hybridized carbons (Fsp3) is 0.455. The number of benzene rings is 1. The summed E-state index contributed by atoms with van der Waals surface area (Å²) in [6.45, 7) is 0.755. The zero-order valence-electron chi connectivity index (χ0n) is 8.42. The maximum Gasteiger partial charge on any atom is 0.137 e. The van der Waals surface area contributed by atoms with Gasteiger partial charge in [-0.3, -0.25) is 0 Å². The Kier molecular flexibility index (Phi) is 4.77. The lowest BCUT2D eigenvalue weighted by atomic mass is 10.1. The molecule has 78 valence electrons. The van der Waals surface area contributed by atoms with E-state index in [1.165, 1.54) is 5.56 Å². The Morgan fingerprint density at radius 1 is 1.36 bits per heavy atom. The molecule has 2 nitrogen and oxygen atoms in total. The van der Waals surface area contributed by atoms with Crippen molar-refractivity contribution in [1.82, 2.24) is 0 Å². The van der Waals surface area contributed by atoms with Crippen LogP contribution in [0.4, 0.5) is 0 Å². The van der Waals surface area contributed by atoms with Crippen molar-refractivity contribution >= 4 is 11.6 Å². The lowest BCUT2D eigenvalue weighted by Crippen LogP contribution is -1.99. The highest BCUT2D eigenvalue weighted by Crippen LogP contribution is 2.25.